The summed E-state index contributed by atoms with van der Waals surface area (Å²) in [5, 5.41) is 0.740. The zero-order chi connectivity index (χ0) is 13.1. The molecule has 0 saturated heterocycles. The van der Waals surface area contributed by atoms with E-state index in [4.69, 9.17) is 16.3 Å². The SMILES string of the molecule is COc1ccc(C(Br)c2cccc(Cl)c2)cc1Br. The predicted octanol–water partition coefficient (Wildman–Crippen LogP) is 5.60. The summed E-state index contributed by atoms with van der Waals surface area (Å²) in [6, 6.07) is 13.8. The highest BCUT2D eigenvalue weighted by atomic mass is 79.9. The average molecular weight is 391 g/mol. The molecule has 0 saturated carbocycles. The minimum absolute atomic E-state index is 0.110. The molecule has 18 heavy (non-hydrogen) atoms. The first-order valence-corrected chi connectivity index (χ1v) is 7.43. The van der Waals surface area contributed by atoms with Crippen LogP contribution in [0.5, 0.6) is 5.75 Å². The Morgan fingerprint density at radius 2 is 1.83 bits per heavy atom. The maximum Gasteiger partial charge on any atom is 0.133 e. The van der Waals surface area contributed by atoms with Gasteiger partial charge in [0.25, 0.3) is 0 Å². The Kier molecular flexibility index (Phi) is 4.71. The minimum Gasteiger partial charge on any atom is -0.496 e. The highest BCUT2D eigenvalue weighted by molar-refractivity contribution is 9.10. The van der Waals surface area contributed by atoms with E-state index in [1.165, 1.54) is 0 Å². The molecule has 1 unspecified atom stereocenters. The summed E-state index contributed by atoms with van der Waals surface area (Å²) in [6.07, 6.45) is 0. The molecule has 0 N–H and O–H groups in total. The smallest absolute Gasteiger partial charge is 0.133 e. The van der Waals surface area contributed by atoms with Crippen LogP contribution in [0.2, 0.25) is 5.02 Å². The second-order valence-electron chi connectivity index (χ2n) is 3.81. The van der Waals surface area contributed by atoms with Crippen molar-refractivity contribution in [1.29, 1.82) is 0 Å². The summed E-state index contributed by atoms with van der Waals surface area (Å²) in [7, 11) is 1.66. The Morgan fingerprint density at radius 3 is 2.44 bits per heavy atom. The van der Waals surface area contributed by atoms with Gasteiger partial charge in [-0.15, -0.1) is 0 Å². The molecule has 0 amide bonds. The summed E-state index contributed by atoms with van der Waals surface area (Å²) in [4.78, 5) is 0.110. The molecular formula is C14H11Br2ClO. The zero-order valence-corrected chi connectivity index (χ0v) is 13.6. The quantitative estimate of drug-likeness (QED) is 0.620. The van der Waals surface area contributed by atoms with Gasteiger partial charge >= 0.3 is 0 Å². The van der Waals surface area contributed by atoms with Crippen LogP contribution in [-0.2, 0) is 0 Å². The molecule has 0 aliphatic carbocycles. The van der Waals surface area contributed by atoms with Gasteiger partial charge < -0.3 is 4.74 Å². The van der Waals surface area contributed by atoms with E-state index in [1.54, 1.807) is 7.11 Å². The van der Waals surface area contributed by atoms with E-state index < -0.39 is 0 Å². The fraction of sp³-hybridized carbons (Fsp3) is 0.143. The lowest BCUT2D eigenvalue weighted by molar-refractivity contribution is 0.412. The number of hydrogen-bond donors (Lipinski definition) is 0. The first kappa shape index (κ1) is 13.9. The van der Waals surface area contributed by atoms with Gasteiger partial charge in [0.2, 0.25) is 0 Å². The van der Waals surface area contributed by atoms with Gasteiger partial charge in [-0.05, 0) is 51.3 Å². The Morgan fingerprint density at radius 1 is 1.11 bits per heavy atom. The van der Waals surface area contributed by atoms with Crippen LogP contribution in [0.3, 0.4) is 0 Å². The Hall–Kier alpha value is -0.510. The van der Waals surface area contributed by atoms with Gasteiger partial charge in [-0.1, -0.05) is 45.7 Å². The number of hydrogen-bond acceptors (Lipinski definition) is 1. The molecule has 4 heteroatoms. The van der Waals surface area contributed by atoms with E-state index in [9.17, 15) is 0 Å². The molecule has 0 aliphatic heterocycles. The summed E-state index contributed by atoms with van der Waals surface area (Å²) in [5.41, 5.74) is 2.27. The van der Waals surface area contributed by atoms with Crippen molar-refractivity contribution in [2.45, 2.75) is 4.83 Å². The van der Waals surface area contributed by atoms with Crippen LogP contribution in [0.4, 0.5) is 0 Å². The highest BCUT2D eigenvalue weighted by Gasteiger charge is 2.12. The van der Waals surface area contributed by atoms with Crippen molar-refractivity contribution in [3.63, 3.8) is 0 Å². The van der Waals surface area contributed by atoms with E-state index in [1.807, 2.05) is 42.5 Å². The lowest BCUT2D eigenvalue weighted by atomic mass is 10.0. The fourth-order valence-electron chi connectivity index (χ4n) is 1.70. The lowest BCUT2D eigenvalue weighted by Gasteiger charge is -2.13. The maximum atomic E-state index is 6.01. The first-order chi connectivity index (χ1) is 8.61. The third-order valence-electron chi connectivity index (χ3n) is 2.61. The van der Waals surface area contributed by atoms with Crippen LogP contribution < -0.4 is 4.74 Å². The molecule has 0 bridgehead atoms. The fourth-order valence-corrected chi connectivity index (χ4v) is 3.02. The van der Waals surface area contributed by atoms with Crippen LogP contribution in [0.25, 0.3) is 0 Å². The Bertz CT molecular complexity index is 557. The van der Waals surface area contributed by atoms with Crippen molar-refractivity contribution < 1.29 is 4.74 Å². The van der Waals surface area contributed by atoms with Crippen molar-refractivity contribution in [2.24, 2.45) is 0 Å². The third kappa shape index (κ3) is 3.08. The predicted molar refractivity (Wildman–Crippen MR) is 82.9 cm³/mol. The molecule has 0 aliphatic rings. The zero-order valence-electron chi connectivity index (χ0n) is 9.66. The van der Waals surface area contributed by atoms with E-state index in [0.29, 0.717) is 0 Å². The minimum atomic E-state index is 0.110. The molecule has 2 aromatic carbocycles. The van der Waals surface area contributed by atoms with Crippen molar-refractivity contribution >= 4 is 43.5 Å². The Balaban J connectivity index is 2.34. The van der Waals surface area contributed by atoms with Crippen LogP contribution in [-0.4, -0.2) is 7.11 Å². The molecular weight excluding hydrogens is 379 g/mol. The number of rotatable bonds is 3. The van der Waals surface area contributed by atoms with Crippen molar-refractivity contribution in [3.05, 3.63) is 63.1 Å². The lowest BCUT2D eigenvalue weighted by Crippen LogP contribution is -1.94. The van der Waals surface area contributed by atoms with Gasteiger partial charge in [-0.2, -0.15) is 0 Å². The summed E-state index contributed by atoms with van der Waals surface area (Å²) >= 11 is 13.2. The number of methoxy groups -OCH3 is 1. The summed E-state index contributed by atoms with van der Waals surface area (Å²) in [5.74, 6) is 0.824. The summed E-state index contributed by atoms with van der Waals surface area (Å²) < 4.78 is 6.16. The largest absolute Gasteiger partial charge is 0.496 e. The molecule has 2 aromatic rings. The number of alkyl halides is 1. The van der Waals surface area contributed by atoms with Crippen molar-refractivity contribution in [2.75, 3.05) is 7.11 Å². The first-order valence-electron chi connectivity index (χ1n) is 5.35. The van der Waals surface area contributed by atoms with Gasteiger partial charge in [-0.25, -0.2) is 0 Å². The molecule has 1 nitrogen and oxygen atoms in total. The van der Waals surface area contributed by atoms with E-state index in [-0.39, 0.29) is 4.83 Å². The summed E-state index contributed by atoms with van der Waals surface area (Å²) in [6.45, 7) is 0. The average Bonchev–Trinajstić information content (AvgIpc) is 2.37. The van der Waals surface area contributed by atoms with Gasteiger partial charge in [-0.3, -0.25) is 0 Å². The monoisotopic (exact) mass is 388 g/mol. The second-order valence-corrected chi connectivity index (χ2v) is 6.02. The van der Waals surface area contributed by atoms with E-state index in [0.717, 1.165) is 26.4 Å². The number of ether oxygens (including phenoxy) is 1. The van der Waals surface area contributed by atoms with Gasteiger partial charge in [0, 0.05) is 5.02 Å². The molecule has 0 fully saturated rings. The molecule has 1 atom stereocenters. The maximum absolute atomic E-state index is 6.01. The van der Waals surface area contributed by atoms with Crippen LogP contribution >= 0.6 is 43.5 Å². The molecule has 0 spiro atoms. The third-order valence-corrected chi connectivity index (χ3v) is 4.52. The second kappa shape index (κ2) is 6.09. The van der Waals surface area contributed by atoms with Crippen LogP contribution in [0.15, 0.2) is 46.9 Å². The van der Waals surface area contributed by atoms with Crippen molar-refractivity contribution in [3.8, 4) is 5.75 Å². The molecule has 0 aromatic heterocycles. The van der Waals surface area contributed by atoms with E-state index in [2.05, 4.69) is 31.9 Å². The highest BCUT2D eigenvalue weighted by Crippen LogP contribution is 2.35. The number of halogens is 3. The van der Waals surface area contributed by atoms with Crippen molar-refractivity contribution in [1.82, 2.24) is 0 Å². The van der Waals surface area contributed by atoms with Gasteiger partial charge in [0.15, 0.2) is 0 Å². The van der Waals surface area contributed by atoms with E-state index >= 15 is 0 Å². The molecule has 0 radical (unpaired) electrons. The van der Waals surface area contributed by atoms with Crippen LogP contribution in [0, 0.1) is 0 Å². The Labute approximate surface area is 128 Å². The number of benzene rings is 2. The molecule has 94 valence electrons. The molecule has 2 rings (SSSR count). The van der Waals surface area contributed by atoms with Gasteiger partial charge in [0.05, 0.1) is 16.4 Å². The standard InChI is InChI=1S/C14H11Br2ClO/c1-18-13-6-5-10(8-12(13)15)14(16)9-3-2-4-11(17)7-9/h2-8,14H,1H3. The van der Waals surface area contributed by atoms with Crippen LogP contribution in [0.1, 0.15) is 16.0 Å². The normalized spacial score (nSPS) is 12.2. The topological polar surface area (TPSA) is 9.23 Å². The van der Waals surface area contributed by atoms with Gasteiger partial charge in [0.1, 0.15) is 5.75 Å². The molecule has 0 heterocycles.